The second-order valence-corrected chi connectivity index (χ2v) is 4.69. The van der Waals surface area contributed by atoms with Crippen LogP contribution < -0.4 is 5.32 Å². The first-order chi connectivity index (χ1) is 11.6. The average molecular weight is 319 g/mol. The van der Waals surface area contributed by atoms with E-state index >= 15 is 0 Å². The maximum atomic E-state index is 12.0. The molecule has 0 aromatic heterocycles. The van der Waals surface area contributed by atoms with Gasteiger partial charge in [-0.1, -0.05) is 36.4 Å². The van der Waals surface area contributed by atoms with E-state index in [2.05, 4.69) is 5.32 Å². The Kier molecular flexibility index (Phi) is 5.59. The van der Waals surface area contributed by atoms with Gasteiger partial charge in [0, 0.05) is 11.8 Å². The van der Waals surface area contributed by atoms with Crippen LogP contribution in [0.5, 0.6) is 0 Å². The second-order valence-electron chi connectivity index (χ2n) is 4.69. The zero-order chi connectivity index (χ0) is 17.4. The van der Waals surface area contributed by atoms with Gasteiger partial charge in [0.1, 0.15) is 11.6 Å². The van der Waals surface area contributed by atoms with Gasteiger partial charge in [-0.05, 0) is 30.4 Å². The lowest BCUT2D eigenvalue weighted by atomic mass is 10.1. The smallest absolute Gasteiger partial charge is 0.276 e. The lowest BCUT2D eigenvalue weighted by molar-refractivity contribution is -0.385. The van der Waals surface area contributed by atoms with E-state index in [-0.39, 0.29) is 11.3 Å². The van der Waals surface area contributed by atoms with Gasteiger partial charge in [0.05, 0.1) is 10.5 Å². The largest absolute Gasteiger partial charge is 0.321 e. The van der Waals surface area contributed by atoms with Gasteiger partial charge in [-0.15, -0.1) is 0 Å². The molecule has 0 unspecified atom stereocenters. The van der Waals surface area contributed by atoms with Gasteiger partial charge >= 0.3 is 0 Å². The molecule has 6 heteroatoms. The van der Waals surface area contributed by atoms with E-state index in [1.54, 1.807) is 42.5 Å². The maximum Gasteiger partial charge on any atom is 0.276 e. The molecule has 2 aromatic rings. The summed E-state index contributed by atoms with van der Waals surface area (Å²) in [6, 6.07) is 16.8. The van der Waals surface area contributed by atoms with Crippen LogP contribution >= 0.6 is 0 Å². The van der Waals surface area contributed by atoms with Crippen molar-refractivity contribution in [2.45, 2.75) is 0 Å². The third-order valence-corrected chi connectivity index (χ3v) is 3.07. The third kappa shape index (κ3) is 4.39. The molecule has 0 radical (unpaired) electrons. The van der Waals surface area contributed by atoms with Crippen molar-refractivity contribution in [1.82, 2.24) is 0 Å². The minimum Gasteiger partial charge on any atom is -0.321 e. The zero-order valence-electron chi connectivity index (χ0n) is 12.5. The molecule has 0 heterocycles. The molecule has 1 amide bonds. The lowest BCUT2D eigenvalue weighted by Crippen LogP contribution is -2.13. The van der Waals surface area contributed by atoms with Crippen LogP contribution in [-0.4, -0.2) is 10.8 Å². The van der Waals surface area contributed by atoms with E-state index in [0.29, 0.717) is 11.3 Å². The molecule has 0 fully saturated rings. The first kappa shape index (κ1) is 16.6. The molecule has 0 saturated heterocycles. The fraction of sp³-hybridized carbons (Fsp3) is 0. The third-order valence-electron chi connectivity index (χ3n) is 3.07. The van der Waals surface area contributed by atoms with Crippen LogP contribution in [0, 0.1) is 21.4 Å². The summed E-state index contributed by atoms with van der Waals surface area (Å²) in [7, 11) is 0. The van der Waals surface area contributed by atoms with E-state index in [0.717, 1.165) is 0 Å². The van der Waals surface area contributed by atoms with Gasteiger partial charge in [0.15, 0.2) is 0 Å². The van der Waals surface area contributed by atoms with Gasteiger partial charge in [-0.2, -0.15) is 5.26 Å². The average Bonchev–Trinajstić information content (AvgIpc) is 2.59. The number of amides is 1. The number of carbonyl (C=O) groups excluding carboxylic acids is 1. The van der Waals surface area contributed by atoms with E-state index in [9.17, 15) is 14.9 Å². The van der Waals surface area contributed by atoms with Crippen molar-refractivity contribution < 1.29 is 9.72 Å². The number of carbonyl (C=O) groups is 1. The van der Waals surface area contributed by atoms with E-state index in [1.807, 2.05) is 12.1 Å². The van der Waals surface area contributed by atoms with Crippen LogP contribution in [0.4, 0.5) is 11.4 Å². The Morgan fingerprint density at radius 1 is 1.12 bits per heavy atom. The highest BCUT2D eigenvalue weighted by Gasteiger charge is 2.10. The predicted octanol–water partition coefficient (Wildman–Crippen LogP) is 3.70. The van der Waals surface area contributed by atoms with E-state index in [4.69, 9.17) is 5.26 Å². The molecule has 2 aromatic carbocycles. The van der Waals surface area contributed by atoms with Crippen molar-refractivity contribution in [2.24, 2.45) is 0 Å². The van der Waals surface area contributed by atoms with Crippen LogP contribution in [0.3, 0.4) is 0 Å². The molecular formula is C18H13N3O3. The van der Waals surface area contributed by atoms with Crippen molar-refractivity contribution in [3.63, 3.8) is 0 Å². The number of nitrogens with zero attached hydrogens (tertiary/aromatic N) is 2. The summed E-state index contributed by atoms with van der Waals surface area (Å²) in [6.07, 6.45) is 4.23. The molecule has 0 aliphatic heterocycles. The molecule has 0 spiro atoms. The Balaban J connectivity index is 2.15. The Morgan fingerprint density at radius 3 is 2.46 bits per heavy atom. The lowest BCUT2D eigenvalue weighted by Gasteiger charge is -2.02. The van der Waals surface area contributed by atoms with Crippen LogP contribution in [0.1, 0.15) is 5.56 Å². The Morgan fingerprint density at radius 2 is 1.79 bits per heavy atom. The minimum atomic E-state index is -0.545. The molecule has 0 aliphatic carbocycles. The molecule has 24 heavy (non-hydrogen) atoms. The van der Waals surface area contributed by atoms with Crippen molar-refractivity contribution in [2.75, 3.05) is 5.32 Å². The number of nitro groups is 1. The topological polar surface area (TPSA) is 96.0 Å². The number of nitriles is 1. The second kappa shape index (κ2) is 8.06. The standard InChI is InChI=1S/C18H13N3O3/c19-13-15(18(22)20-16-10-2-1-3-11-16)9-6-8-14-7-4-5-12-17(14)21(23)24/h1-12H,(H,20,22)/b8-6+,15-9+. The van der Waals surface area contributed by atoms with Crippen molar-refractivity contribution in [1.29, 1.82) is 5.26 Å². The number of hydrogen-bond acceptors (Lipinski definition) is 4. The highest BCUT2D eigenvalue weighted by Crippen LogP contribution is 2.19. The quantitative estimate of drug-likeness (QED) is 0.299. The van der Waals surface area contributed by atoms with E-state index < -0.39 is 10.8 Å². The van der Waals surface area contributed by atoms with Crippen molar-refractivity contribution in [3.05, 3.63) is 88.0 Å². The Labute approximate surface area is 138 Å². The molecule has 1 N–H and O–H groups in total. The number of para-hydroxylation sites is 2. The van der Waals surface area contributed by atoms with Gasteiger partial charge in [0.2, 0.25) is 0 Å². The fourth-order valence-electron chi connectivity index (χ4n) is 1.93. The van der Waals surface area contributed by atoms with Crippen LogP contribution in [-0.2, 0) is 4.79 Å². The SMILES string of the molecule is N#C/C(=C\C=C\c1ccccc1[N+](=O)[O-])C(=O)Nc1ccccc1. The zero-order valence-corrected chi connectivity index (χ0v) is 12.5. The summed E-state index contributed by atoms with van der Waals surface area (Å²) < 4.78 is 0. The molecule has 2 rings (SSSR count). The normalized spacial score (nSPS) is 11.0. The molecule has 6 nitrogen and oxygen atoms in total. The number of benzene rings is 2. The number of anilines is 1. The molecular weight excluding hydrogens is 306 g/mol. The molecule has 0 aliphatic rings. The number of rotatable bonds is 5. The first-order valence-electron chi connectivity index (χ1n) is 7.00. The van der Waals surface area contributed by atoms with Gasteiger partial charge in [0.25, 0.3) is 11.6 Å². The van der Waals surface area contributed by atoms with Crippen LogP contribution in [0.2, 0.25) is 0 Å². The van der Waals surface area contributed by atoms with Crippen molar-refractivity contribution in [3.8, 4) is 6.07 Å². The summed E-state index contributed by atoms with van der Waals surface area (Å²) in [5.74, 6) is -0.545. The minimum absolute atomic E-state index is 0.0469. The Hall–Kier alpha value is -3.72. The van der Waals surface area contributed by atoms with E-state index in [1.165, 1.54) is 24.3 Å². The maximum absolute atomic E-state index is 12.0. The monoisotopic (exact) mass is 319 g/mol. The molecule has 0 saturated carbocycles. The Bertz CT molecular complexity index is 849. The van der Waals surface area contributed by atoms with Gasteiger partial charge in [-0.25, -0.2) is 0 Å². The predicted molar refractivity (Wildman–Crippen MR) is 90.9 cm³/mol. The summed E-state index contributed by atoms with van der Waals surface area (Å²) in [6.45, 7) is 0. The van der Waals surface area contributed by atoms with Gasteiger partial charge in [-0.3, -0.25) is 14.9 Å². The fourth-order valence-corrected chi connectivity index (χ4v) is 1.93. The molecule has 0 bridgehead atoms. The number of allylic oxidation sites excluding steroid dienone is 2. The number of nitro benzene ring substituents is 1. The number of hydrogen-bond donors (Lipinski definition) is 1. The summed E-state index contributed by atoms with van der Waals surface area (Å²) in [4.78, 5) is 22.5. The van der Waals surface area contributed by atoms with Crippen LogP contribution in [0.25, 0.3) is 6.08 Å². The summed E-state index contributed by atoms with van der Waals surface area (Å²) in [5, 5.41) is 22.6. The first-order valence-corrected chi connectivity index (χ1v) is 7.00. The number of nitrogens with one attached hydrogen (secondary N) is 1. The highest BCUT2D eigenvalue weighted by atomic mass is 16.6. The highest BCUT2D eigenvalue weighted by molar-refractivity contribution is 6.06. The molecule has 0 atom stereocenters. The van der Waals surface area contributed by atoms with Crippen molar-refractivity contribution >= 4 is 23.4 Å². The molecule has 118 valence electrons. The van der Waals surface area contributed by atoms with Crippen LogP contribution in [0.15, 0.2) is 72.3 Å². The summed E-state index contributed by atoms with van der Waals surface area (Å²) >= 11 is 0. The summed E-state index contributed by atoms with van der Waals surface area (Å²) in [5.41, 5.74) is 0.814. The van der Waals surface area contributed by atoms with Gasteiger partial charge < -0.3 is 5.32 Å².